The SMILES string of the molecule is CN1C(=O)CN(Cc2cccnc2)C(=O)[C@H]2CN(CC3CC3)CC[C@H]21. The Morgan fingerprint density at radius 1 is 1.24 bits per heavy atom. The highest BCUT2D eigenvalue weighted by atomic mass is 16.2. The standard InChI is InChI=1S/C19H26N4O2/c1-21-17-6-8-22(10-14-4-5-14)12-16(17)19(25)23(13-18(21)24)11-15-3-2-7-20-9-15/h2-3,7,9,14,16-17H,4-6,8,10-13H2,1H3/t16-,17+/m0/s1. The van der Waals surface area contributed by atoms with Crippen LogP contribution in [0.4, 0.5) is 0 Å². The van der Waals surface area contributed by atoms with Gasteiger partial charge in [0.25, 0.3) is 0 Å². The number of pyridine rings is 1. The van der Waals surface area contributed by atoms with Crippen LogP contribution >= 0.6 is 0 Å². The highest BCUT2D eigenvalue weighted by Crippen LogP contribution is 2.33. The molecule has 3 heterocycles. The molecule has 0 radical (unpaired) electrons. The number of aromatic nitrogens is 1. The molecule has 6 heteroatoms. The highest BCUT2D eigenvalue weighted by molar-refractivity contribution is 5.89. The van der Waals surface area contributed by atoms with Crippen LogP contribution in [-0.4, -0.2) is 70.8 Å². The zero-order valence-corrected chi connectivity index (χ0v) is 14.8. The number of hydrogen-bond acceptors (Lipinski definition) is 4. The molecule has 134 valence electrons. The van der Waals surface area contributed by atoms with E-state index in [4.69, 9.17) is 0 Å². The first-order chi connectivity index (χ1) is 12.1. The fourth-order valence-corrected chi connectivity index (χ4v) is 4.16. The quantitative estimate of drug-likeness (QED) is 0.819. The molecule has 4 rings (SSSR count). The maximum atomic E-state index is 13.2. The lowest BCUT2D eigenvalue weighted by molar-refractivity contribution is -0.138. The van der Waals surface area contributed by atoms with Crippen LogP contribution in [0.2, 0.25) is 0 Å². The van der Waals surface area contributed by atoms with Gasteiger partial charge in [0.15, 0.2) is 0 Å². The van der Waals surface area contributed by atoms with E-state index in [0.29, 0.717) is 6.54 Å². The number of nitrogens with zero attached hydrogens (tertiary/aromatic N) is 4. The molecule has 1 aromatic heterocycles. The van der Waals surface area contributed by atoms with Gasteiger partial charge in [-0.3, -0.25) is 14.6 Å². The first kappa shape index (κ1) is 16.5. The van der Waals surface area contributed by atoms with E-state index in [-0.39, 0.29) is 30.3 Å². The molecular formula is C19H26N4O2. The third-order valence-corrected chi connectivity index (χ3v) is 5.82. The van der Waals surface area contributed by atoms with Gasteiger partial charge in [0.1, 0.15) is 6.54 Å². The summed E-state index contributed by atoms with van der Waals surface area (Å²) in [5.41, 5.74) is 0.968. The van der Waals surface area contributed by atoms with Gasteiger partial charge in [-0.25, -0.2) is 0 Å². The summed E-state index contributed by atoms with van der Waals surface area (Å²) >= 11 is 0. The number of carbonyl (C=O) groups is 2. The van der Waals surface area contributed by atoms with E-state index in [0.717, 1.165) is 37.5 Å². The number of rotatable bonds is 4. The number of carbonyl (C=O) groups excluding carboxylic acids is 2. The molecular weight excluding hydrogens is 316 g/mol. The van der Waals surface area contributed by atoms with Crippen molar-refractivity contribution in [2.75, 3.05) is 33.2 Å². The van der Waals surface area contributed by atoms with E-state index in [1.807, 2.05) is 24.1 Å². The van der Waals surface area contributed by atoms with Crippen molar-refractivity contribution < 1.29 is 9.59 Å². The van der Waals surface area contributed by atoms with Crippen molar-refractivity contribution in [1.29, 1.82) is 0 Å². The first-order valence-electron chi connectivity index (χ1n) is 9.27. The summed E-state index contributed by atoms with van der Waals surface area (Å²) in [6.45, 7) is 3.50. The minimum absolute atomic E-state index is 0.0364. The van der Waals surface area contributed by atoms with E-state index < -0.39 is 0 Å². The number of likely N-dealkylation sites (N-methyl/N-ethyl adjacent to an activating group) is 1. The summed E-state index contributed by atoms with van der Waals surface area (Å²) in [6.07, 6.45) is 7.03. The van der Waals surface area contributed by atoms with Crippen molar-refractivity contribution >= 4 is 11.8 Å². The third kappa shape index (κ3) is 3.54. The van der Waals surface area contributed by atoms with Crippen LogP contribution in [0.5, 0.6) is 0 Å². The van der Waals surface area contributed by atoms with Crippen LogP contribution in [0.1, 0.15) is 24.8 Å². The van der Waals surface area contributed by atoms with Crippen molar-refractivity contribution in [1.82, 2.24) is 19.7 Å². The smallest absolute Gasteiger partial charge is 0.242 e. The minimum Gasteiger partial charge on any atom is -0.340 e. The van der Waals surface area contributed by atoms with E-state index in [9.17, 15) is 9.59 Å². The van der Waals surface area contributed by atoms with Crippen molar-refractivity contribution in [3.05, 3.63) is 30.1 Å². The lowest BCUT2D eigenvalue weighted by Gasteiger charge is -2.40. The Balaban J connectivity index is 1.53. The first-order valence-corrected chi connectivity index (χ1v) is 9.27. The fourth-order valence-electron chi connectivity index (χ4n) is 4.16. The van der Waals surface area contributed by atoms with Gasteiger partial charge in [0, 0.05) is 51.7 Å². The van der Waals surface area contributed by atoms with Crippen molar-refractivity contribution in [2.45, 2.75) is 31.8 Å². The number of piperidine rings is 1. The third-order valence-electron chi connectivity index (χ3n) is 5.82. The van der Waals surface area contributed by atoms with Crippen LogP contribution in [-0.2, 0) is 16.1 Å². The molecule has 0 aromatic carbocycles. The lowest BCUT2D eigenvalue weighted by atomic mass is 9.90. The Morgan fingerprint density at radius 2 is 2.08 bits per heavy atom. The van der Waals surface area contributed by atoms with Crippen molar-refractivity contribution in [3.8, 4) is 0 Å². The van der Waals surface area contributed by atoms with Crippen molar-refractivity contribution in [2.24, 2.45) is 11.8 Å². The van der Waals surface area contributed by atoms with Gasteiger partial charge in [-0.15, -0.1) is 0 Å². The van der Waals surface area contributed by atoms with E-state index in [1.54, 1.807) is 17.3 Å². The number of amides is 2. The molecule has 2 atom stereocenters. The fraction of sp³-hybridized carbons (Fsp3) is 0.632. The zero-order chi connectivity index (χ0) is 17.4. The molecule has 1 aliphatic carbocycles. The molecule has 2 aliphatic heterocycles. The molecule has 1 saturated carbocycles. The van der Waals surface area contributed by atoms with Gasteiger partial charge >= 0.3 is 0 Å². The molecule has 25 heavy (non-hydrogen) atoms. The molecule has 2 saturated heterocycles. The Hall–Kier alpha value is -1.95. The highest BCUT2D eigenvalue weighted by Gasteiger charge is 2.43. The predicted octanol–water partition coefficient (Wildman–Crippen LogP) is 0.983. The summed E-state index contributed by atoms with van der Waals surface area (Å²) in [5, 5.41) is 0. The van der Waals surface area contributed by atoms with Gasteiger partial charge < -0.3 is 14.7 Å². The number of hydrogen-bond donors (Lipinski definition) is 0. The van der Waals surface area contributed by atoms with Gasteiger partial charge in [-0.05, 0) is 36.8 Å². The molecule has 3 aliphatic rings. The minimum atomic E-state index is -0.111. The zero-order valence-electron chi connectivity index (χ0n) is 14.8. The molecule has 6 nitrogen and oxygen atoms in total. The second-order valence-electron chi connectivity index (χ2n) is 7.73. The van der Waals surface area contributed by atoms with E-state index in [2.05, 4.69) is 9.88 Å². The van der Waals surface area contributed by atoms with Gasteiger partial charge in [0.05, 0.1) is 5.92 Å². The largest absolute Gasteiger partial charge is 0.340 e. The van der Waals surface area contributed by atoms with Crippen LogP contribution in [0.3, 0.4) is 0 Å². The normalized spacial score (nSPS) is 28.0. The molecule has 2 amide bonds. The van der Waals surface area contributed by atoms with Crippen LogP contribution in [0.15, 0.2) is 24.5 Å². The average Bonchev–Trinajstić information content (AvgIpc) is 3.44. The van der Waals surface area contributed by atoms with Gasteiger partial charge in [-0.1, -0.05) is 6.07 Å². The maximum absolute atomic E-state index is 13.2. The maximum Gasteiger partial charge on any atom is 0.242 e. The van der Waals surface area contributed by atoms with Crippen LogP contribution < -0.4 is 0 Å². The molecule has 1 aromatic rings. The summed E-state index contributed by atoms with van der Waals surface area (Å²) in [5.74, 6) is 0.872. The molecule has 0 unspecified atom stereocenters. The second-order valence-corrected chi connectivity index (χ2v) is 7.73. The second kappa shape index (κ2) is 6.75. The van der Waals surface area contributed by atoms with Crippen LogP contribution in [0.25, 0.3) is 0 Å². The van der Waals surface area contributed by atoms with E-state index in [1.165, 1.54) is 12.8 Å². The Morgan fingerprint density at radius 3 is 2.80 bits per heavy atom. The van der Waals surface area contributed by atoms with Gasteiger partial charge in [-0.2, -0.15) is 0 Å². The molecule has 3 fully saturated rings. The summed E-state index contributed by atoms with van der Waals surface area (Å²) in [4.78, 5) is 35.9. The predicted molar refractivity (Wildman–Crippen MR) is 93.5 cm³/mol. The summed E-state index contributed by atoms with van der Waals surface area (Å²) in [6, 6.07) is 3.86. The van der Waals surface area contributed by atoms with Crippen molar-refractivity contribution in [3.63, 3.8) is 0 Å². The Kier molecular flexibility index (Phi) is 4.46. The average molecular weight is 342 g/mol. The summed E-state index contributed by atoms with van der Waals surface area (Å²) < 4.78 is 0. The van der Waals surface area contributed by atoms with Gasteiger partial charge in [0.2, 0.25) is 11.8 Å². The summed E-state index contributed by atoms with van der Waals surface area (Å²) in [7, 11) is 1.86. The number of likely N-dealkylation sites (tertiary alicyclic amines) is 1. The Labute approximate surface area is 148 Å². The molecule has 0 N–H and O–H groups in total. The Bertz CT molecular complexity index is 646. The number of fused-ring (bicyclic) bond motifs is 1. The van der Waals surface area contributed by atoms with Crippen LogP contribution in [0, 0.1) is 11.8 Å². The topological polar surface area (TPSA) is 56.8 Å². The van der Waals surface area contributed by atoms with E-state index >= 15 is 0 Å². The molecule has 0 spiro atoms. The monoisotopic (exact) mass is 342 g/mol. The lowest BCUT2D eigenvalue weighted by Crippen LogP contribution is -2.53. The molecule has 0 bridgehead atoms.